The van der Waals surface area contributed by atoms with Crippen molar-refractivity contribution in [1.29, 1.82) is 0 Å². The van der Waals surface area contributed by atoms with E-state index in [1.54, 1.807) is 24.3 Å². The van der Waals surface area contributed by atoms with Crippen molar-refractivity contribution in [2.45, 2.75) is 31.5 Å². The van der Waals surface area contributed by atoms with E-state index >= 15 is 0 Å². The monoisotopic (exact) mass is 396 g/mol. The molecule has 0 radical (unpaired) electrons. The number of aromatic nitrogens is 1. The number of pyridine rings is 1. The zero-order chi connectivity index (χ0) is 20.0. The lowest BCUT2D eigenvalue weighted by Gasteiger charge is -2.08. The van der Waals surface area contributed by atoms with E-state index in [0.717, 1.165) is 24.0 Å². The molecule has 0 aliphatic carbocycles. The number of carbonyl (C=O) groups excluding carboxylic acids is 2. The molecule has 0 fully saturated rings. The number of nitrogens with zero attached hydrogens (tertiary/aromatic N) is 1. The fraction of sp³-hybridized carbons (Fsp3) is 0.316. The van der Waals surface area contributed by atoms with Crippen LogP contribution in [0.15, 0.2) is 47.6 Å². The van der Waals surface area contributed by atoms with Gasteiger partial charge in [0.1, 0.15) is 0 Å². The minimum absolute atomic E-state index is 0.0530. The third-order valence-electron chi connectivity index (χ3n) is 3.50. The number of amides is 1. The first-order valence-electron chi connectivity index (χ1n) is 8.24. The van der Waals surface area contributed by atoms with Gasteiger partial charge in [-0.3, -0.25) is 9.59 Å². The molecule has 4 nitrogen and oxygen atoms in total. The van der Waals surface area contributed by atoms with Crippen molar-refractivity contribution >= 4 is 29.1 Å². The van der Waals surface area contributed by atoms with E-state index in [0.29, 0.717) is 22.7 Å². The van der Waals surface area contributed by atoms with Crippen molar-refractivity contribution < 1.29 is 22.8 Å². The molecule has 0 spiro atoms. The van der Waals surface area contributed by atoms with E-state index in [2.05, 4.69) is 10.3 Å². The van der Waals surface area contributed by atoms with Crippen LogP contribution >= 0.6 is 11.8 Å². The Morgan fingerprint density at radius 1 is 1.11 bits per heavy atom. The van der Waals surface area contributed by atoms with Crippen LogP contribution in [0.25, 0.3) is 0 Å². The van der Waals surface area contributed by atoms with Crippen LogP contribution in [0.2, 0.25) is 0 Å². The Morgan fingerprint density at radius 2 is 1.78 bits per heavy atom. The number of benzene rings is 1. The summed E-state index contributed by atoms with van der Waals surface area (Å²) < 4.78 is 37.5. The highest BCUT2D eigenvalue weighted by Crippen LogP contribution is 2.29. The second kappa shape index (κ2) is 9.03. The summed E-state index contributed by atoms with van der Waals surface area (Å²) in [5, 5.41) is 3.10. The summed E-state index contributed by atoms with van der Waals surface area (Å²) in [6.07, 6.45) is -3.27. The van der Waals surface area contributed by atoms with Gasteiger partial charge in [-0.05, 0) is 42.3 Å². The van der Waals surface area contributed by atoms with Crippen molar-refractivity contribution in [3.8, 4) is 0 Å². The molecule has 0 atom stereocenters. The van der Waals surface area contributed by atoms with Gasteiger partial charge in [-0.25, -0.2) is 4.98 Å². The molecule has 144 valence electrons. The second-order valence-electron chi connectivity index (χ2n) is 6.32. The number of carbonyl (C=O) groups is 2. The molecular weight excluding hydrogens is 377 g/mol. The molecule has 8 heteroatoms. The minimum Gasteiger partial charge on any atom is -0.326 e. The van der Waals surface area contributed by atoms with Crippen LogP contribution in [-0.4, -0.2) is 22.4 Å². The Bertz CT molecular complexity index is 788. The molecule has 1 aromatic heterocycles. The summed E-state index contributed by atoms with van der Waals surface area (Å²) >= 11 is 1.07. The summed E-state index contributed by atoms with van der Waals surface area (Å²) in [6, 6.07) is 8.68. The van der Waals surface area contributed by atoms with Gasteiger partial charge in [-0.2, -0.15) is 13.2 Å². The van der Waals surface area contributed by atoms with Gasteiger partial charge in [0, 0.05) is 23.9 Å². The Morgan fingerprint density at radius 3 is 2.30 bits per heavy atom. The minimum atomic E-state index is -4.43. The number of hydrogen-bond acceptors (Lipinski definition) is 4. The number of hydrogen-bond donors (Lipinski definition) is 1. The lowest BCUT2D eigenvalue weighted by atomic mass is 10.1. The van der Waals surface area contributed by atoms with Gasteiger partial charge in [-0.1, -0.05) is 25.6 Å². The van der Waals surface area contributed by atoms with E-state index in [-0.39, 0.29) is 23.4 Å². The largest absolute Gasteiger partial charge is 0.417 e. The molecular formula is C19H19F3N2O2S. The lowest BCUT2D eigenvalue weighted by Crippen LogP contribution is -2.14. The molecule has 0 aliphatic rings. The predicted molar refractivity (Wildman–Crippen MR) is 98.8 cm³/mol. The maximum atomic E-state index is 12.5. The van der Waals surface area contributed by atoms with E-state index < -0.39 is 11.7 Å². The van der Waals surface area contributed by atoms with E-state index in [4.69, 9.17) is 0 Å². The molecule has 0 unspecified atom stereocenters. The van der Waals surface area contributed by atoms with Gasteiger partial charge in [-0.15, -0.1) is 0 Å². The normalized spacial score (nSPS) is 11.5. The molecule has 0 aliphatic heterocycles. The molecule has 0 saturated heterocycles. The molecule has 1 amide bonds. The predicted octanol–water partition coefficient (Wildman–Crippen LogP) is 5.06. The third kappa shape index (κ3) is 6.71. The third-order valence-corrected chi connectivity index (χ3v) is 4.44. The fourth-order valence-corrected chi connectivity index (χ4v) is 2.92. The smallest absolute Gasteiger partial charge is 0.326 e. The maximum absolute atomic E-state index is 12.5. The average molecular weight is 396 g/mol. The number of nitrogens with one attached hydrogen (secondary N) is 1. The maximum Gasteiger partial charge on any atom is 0.417 e. The zero-order valence-corrected chi connectivity index (χ0v) is 15.7. The van der Waals surface area contributed by atoms with Crippen LogP contribution in [-0.2, 0) is 11.0 Å². The number of alkyl halides is 3. The quantitative estimate of drug-likeness (QED) is 0.525. The van der Waals surface area contributed by atoms with Crippen molar-refractivity contribution in [3.63, 3.8) is 0 Å². The number of thioether (sulfide) groups is 1. The molecule has 2 rings (SSSR count). The van der Waals surface area contributed by atoms with E-state index in [1.807, 2.05) is 13.8 Å². The summed E-state index contributed by atoms with van der Waals surface area (Å²) in [6.45, 7) is 3.90. The number of ketones is 1. The highest BCUT2D eigenvalue weighted by Gasteiger charge is 2.30. The molecule has 2 aromatic rings. The number of halogens is 3. The van der Waals surface area contributed by atoms with Gasteiger partial charge < -0.3 is 5.32 Å². The summed E-state index contributed by atoms with van der Waals surface area (Å²) in [5.41, 5.74) is 0.235. The Kier molecular flexibility index (Phi) is 7.01. The van der Waals surface area contributed by atoms with Crippen molar-refractivity contribution in [2.75, 3.05) is 11.1 Å². The average Bonchev–Trinajstić information content (AvgIpc) is 2.59. The highest BCUT2D eigenvalue weighted by molar-refractivity contribution is 7.99. The van der Waals surface area contributed by atoms with Crippen molar-refractivity contribution in [1.82, 2.24) is 4.98 Å². The molecule has 0 saturated carbocycles. The first kappa shape index (κ1) is 21.0. The first-order valence-corrected chi connectivity index (χ1v) is 9.23. The van der Waals surface area contributed by atoms with Gasteiger partial charge in [0.2, 0.25) is 5.91 Å². The first-order chi connectivity index (χ1) is 12.6. The lowest BCUT2D eigenvalue weighted by molar-refractivity contribution is -0.137. The van der Waals surface area contributed by atoms with Gasteiger partial charge in [0.25, 0.3) is 0 Å². The number of rotatable bonds is 7. The fourth-order valence-electron chi connectivity index (χ4n) is 2.18. The molecule has 1 N–H and O–H groups in total. The van der Waals surface area contributed by atoms with Gasteiger partial charge in [0.15, 0.2) is 5.78 Å². The Hall–Kier alpha value is -2.35. The van der Waals surface area contributed by atoms with Gasteiger partial charge in [0.05, 0.1) is 16.3 Å². The van der Waals surface area contributed by atoms with Crippen LogP contribution in [0.3, 0.4) is 0 Å². The summed E-state index contributed by atoms with van der Waals surface area (Å²) in [4.78, 5) is 27.7. The van der Waals surface area contributed by atoms with Crippen LogP contribution in [0.5, 0.6) is 0 Å². The summed E-state index contributed by atoms with van der Waals surface area (Å²) in [5.74, 6) is 0.0358. The standard InChI is InChI=1S/C19H19F3N2O2S/c1-12(2)9-17(26)24-15-6-3-13(4-7-15)16(25)11-27-18-8-5-14(10-23-18)19(20,21)22/h3-8,10,12H,9,11H2,1-2H3,(H,24,26). The molecule has 1 heterocycles. The molecule has 27 heavy (non-hydrogen) atoms. The van der Waals surface area contributed by atoms with Crippen LogP contribution in [0, 0.1) is 5.92 Å². The SMILES string of the molecule is CC(C)CC(=O)Nc1ccc(C(=O)CSc2ccc(C(F)(F)F)cn2)cc1. The van der Waals surface area contributed by atoms with Crippen LogP contribution in [0.4, 0.5) is 18.9 Å². The zero-order valence-electron chi connectivity index (χ0n) is 14.8. The second-order valence-corrected chi connectivity index (χ2v) is 7.31. The van der Waals surface area contributed by atoms with Gasteiger partial charge >= 0.3 is 6.18 Å². The number of Topliss-reactive ketones (excluding diaryl/α,β-unsaturated/α-hetero) is 1. The van der Waals surface area contributed by atoms with Crippen LogP contribution < -0.4 is 5.32 Å². The van der Waals surface area contributed by atoms with E-state index in [9.17, 15) is 22.8 Å². The summed E-state index contributed by atoms with van der Waals surface area (Å²) in [7, 11) is 0. The van der Waals surface area contributed by atoms with Crippen LogP contribution in [0.1, 0.15) is 36.2 Å². The van der Waals surface area contributed by atoms with Crippen molar-refractivity contribution in [3.05, 3.63) is 53.7 Å². The topological polar surface area (TPSA) is 59.1 Å². The molecule has 0 bridgehead atoms. The highest BCUT2D eigenvalue weighted by atomic mass is 32.2. The van der Waals surface area contributed by atoms with E-state index in [1.165, 1.54) is 6.07 Å². The Balaban J connectivity index is 1.89. The number of anilines is 1. The Labute approximate surface area is 159 Å². The van der Waals surface area contributed by atoms with Crippen molar-refractivity contribution in [2.24, 2.45) is 5.92 Å². The molecule has 1 aromatic carbocycles.